The number of hydrogen-bond donors (Lipinski definition) is 3. The third-order valence-corrected chi connectivity index (χ3v) is 4.10. The van der Waals surface area contributed by atoms with E-state index < -0.39 is 47.5 Å². The van der Waals surface area contributed by atoms with Crippen LogP contribution in [-0.2, 0) is 9.59 Å². The molecule has 11 heteroatoms. The normalized spacial score (nSPS) is 14.1. The highest BCUT2D eigenvalue weighted by Crippen LogP contribution is 2.27. The molecule has 0 saturated heterocycles. The largest absolute Gasteiger partial charge is 0.481 e. The monoisotopic (exact) mass is 528 g/mol. The van der Waals surface area contributed by atoms with Crippen molar-refractivity contribution in [3.05, 3.63) is 29.3 Å². The number of benzene rings is 1. The lowest BCUT2D eigenvalue weighted by molar-refractivity contribution is -0.145. The number of nitrogens with one attached hydrogen (secondary N) is 1. The van der Waals surface area contributed by atoms with E-state index >= 15 is 0 Å². The minimum atomic E-state index is -1.73. The van der Waals surface area contributed by atoms with Gasteiger partial charge in [0.1, 0.15) is 23.4 Å². The maximum atomic E-state index is 14.6. The van der Waals surface area contributed by atoms with Crippen LogP contribution in [0.3, 0.4) is 0 Å². The highest BCUT2D eigenvalue weighted by Gasteiger charge is 2.26. The highest BCUT2D eigenvalue weighted by atomic mass is 79.9. The Balaban J connectivity index is 3.16. The second-order valence-electron chi connectivity index (χ2n) is 6.22. The van der Waals surface area contributed by atoms with E-state index in [1.54, 1.807) is 0 Å². The quantitative estimate of drug-likeness (QED) is 0.402. The molecule has 1 rings (SSSR count). The Morgan fingerprint density at radius 3 is 1.89 bits per heavy atom. The number of hydrogen-bond acceptors (Lipinski definition) is 4. The molecule has 28 heavy (non-hydrogen) atoms. The van der Waals surface area contributed by atoms with Gasteiger partial charge in [-0.1, -0.05) is 45.7 Å². The molecule has 1 aromatic rings. The number of amides is 1. The number of carboxylic acids is 2. The summed E-state index contributed by atoms with van der Waals surface area (Å²) in [6.07, 6.45) is -0.871. The first-order valence-corrected chi connectivity index (χ1v) is 10.0. The molecule has 0 aliphatic carbocycles. The third-order valence-electron chi connectivity index (χ3n) is 3.52. The standard InChI is InChI=1S/C17H20Br2F2N2O5/c1-8(18)6-23(7-9(2)19)15-11(20)3-10(4-12(15)21)16(26)22-13(17(27)28)5-14(24)25/h3-4,8-9,13H,5-7H2,1-2H3,(H,22,26)(H,24,25)(H,27,28). The summed E-state index contributed by atoms with van der Waals surface area (Å²) in [5, 5.41) is 19.6. The molecule has 3 atom stereocenters. The lowest BCUT2D eigenvalue weighted by Gasteiger charge is -2.28. The molecule has 0 aromatic heterocycles. The van der Waals surface area contributed by atoms with Gasteiger partial charge in [-0.15, -0.1) is 0 Å². The van der Waals surface area contributed by atoms with Gasteiger partial charge in [0.15, 0.2) is 0 Å². The highest BCUT2D eigenvalue weighted by molar-refractivity contribution is 9.09. The van der Waals surface area contributed by atoms with E-state index in [0.29, 0.717) is 13.1 Å². The van der Waals surface area contributed by atoms with Crippen LogP contribution in [0.15, 0.2) is 12.1 Å². The predicted octanol–water partition coefficient (Wildman–Crippen LogP) is 3.00. The van der Waals surface area contributed by atoms with Crippen LogP contribution in [0.1, 0.15) is 30.6 Å². The summed E-state index contributed by atoms with van der Waals surface area (Å²) in [4.78, 5) is 35.2. The molecule has 0 saturated carbocycles. The first-order chi connectivity index (χ1) is 12.9. The molecular weight excluding hydrogens is 510 g/mol. The number of carbonyl (C=O) groups is 3. The fourth-order valence-electron chi connectivity index (χ4n) is 2.48. The fraction of sp³-hybridized carbons (Fsp3) is 0.471. The zero-order chi connectivity index (χ0) is 21.6. The van der Waals surface area contributed by atoms with Crippen molar-refractivity contribution in [2.24, 2.45) is 0 Å². The molecule has 3 N–H and O–H groups in total. The Labute approximate surface area is 177 Å². The lowest BCUT2D eigenvalue weighted by Crippen LogP contribution is -2.42. The number of aliphatic carboxylic acids is 2. The van der Waals surface area contributed by atoms with Crippen LogP contribution >= 0.6 is 31.9 Å². The molecule has 1 amide bonds. The topological polar surface area (TPSA) is 107 Å². The molecule has 0 spiro atoms. The van der Waals surface area contributed by atoms with Crippen LogP contribution in [0.25, 0.3) is 0 Å². The molecule has 0 aliphatic heterocycles. The Kier molecular flexibility index (Phi) is 9.28. The van der Waals surface area contributed by atoms with E-state index in [9.17, 15) is 23.2 Å². The van der Waals surface area contributed by atoms with Crippen molar-refractivity contribution in [3.63, 3.8) is 0 Å². The van der Waals surface area contributed by atoms with Crippen LogP contribution in [0, 0.1) is 11.6 Å². The Morgan fingerprint density at radius 1 is 1.07 bits per heavy atom. The number of carbonyl (C=O) groups excluding carboxylic acids is 1. The molecule has 0 aliphatic rings. The van der Waals surface area contributed by atoms with Gasteiger partial charge < -0.3 is 20.4 Å². The Hall–Kier alpha value is -1.75. The molecule has 0 bridgehead atoms. The molecule has 1 aromatic carbocycles. The number of halogens is 4. The van der Waals surface area contributed by atoms with Crippen molar-refractivity contribution in [1.29, 1.82) is 0 Å². The van der Waals surface area contributed by atoms with E-state index in [2.05, 4.69) is 31.9 Å². The van der Waals surface area contributed by atoms with Crippen molar-refractivity contribution >= 4 is 55.4 Å². The average Bonchev–Trinajstić information content (AvgIpc) is 2.51. The van der Waals surface area contributed by atoms with Gasteiger partial charge in [-0.2, -0.15) is 0 Å². The summed E-state index contributed by atoms with van der Waals surface area (Å²) in [5.41, 5.74) is -0.761. The summed E-state index contributed by atoms with van der Waals surface area (Å²) in [6.45, 7) is 4.24. The molecule has 0 radical (unpaired) electrons. The van der Waals surface area contributed by atoms with Crippen LogP contribution in [0.4, 0.5) is 14.5 Å². The molecule has 0 fully saturated rings. The third kappa shape index (κ3) is 7.34. The molecule has 3 unspecified atom stereocenters. The maximum Gasteiger partial charge on any atom is 0.326 e. The zero-order valence-electron chi connectivity index (χ0n) is 15.1. The smallest absolute Gasteiger partial charge is 0.326 e. The summed E-state index contributed by atoms with van der Waals surface area (Å²) in [5.74, 6) is -6.08. The Morgan fingerprint density at radius 2 is 1.54 bits per heavy atom. The first kappa shape index (κ1) is 24.3. The average molecular weight is 530 g/mol. The minimum Gasteiger partial charge on any atom is -0.481 e. The van der Waals surface area contributed by atoms with Crippen LogP contribution in [0.2, 0.25) is 0 Å². The Bertz CT molecular complexity index is 713. The van der Waals surface area contributed by atoms with E-state index in [4.69, 9.17) is 10.2 Å². The van der Waals surface area contributed by atoms with Gasteiger partial charge in [-0.3, -0.25) is 9.59 Å². The minimum absolute atomic E-state index is 0.0622. The van der Waals surface area contributed by atoms with Crippen LogP contribution in [-0.4, -0.2) is 56.8 Å². The number of alkyl halides is 2. The van der Waals surface area contributed by atoms with E-state index in [1.807, 2.05) is 19.2 Å². The van der Waals surface area contributed by atoms with Crippen molar-refractivity contribution in [1.82, 2.24) is 5.32 Å². The first-order valence-electron chi connectivity index (χ1n) is 8.20. The van der Waals surface area contributed by atoms with Gasteiger partial charge in [0.05, 0.1) is 6.42 Å². The van der Waals surface area contributed by atoms with Crippen molar-refractivity contribution in [2.75, 3.05) is 18.0 Å². The van der Waals surface area contributed by atoms with Gasteiger partial charge in [0.25, 0.3) is 5.91 Å². The predicted molar refractivity (Wildman–Crippen MR) is 106 cm³/mol. The zero-order valence-corrected chi connectivity index (χ0v) is 18.3. The number of carboxylic acid groups (broad SMARTS) is 2. The van der Waals surface area contributed by atoms with E-state index in [0.717, 1.165) is 12.1 Å². The molecule has 156 valence electrons. The summed E-state index contributed by atoms with van der Waals surface area (Å²) >= 11 is 6.68. The second-order valence-corrected chi connectivity index (χ2v) is 9.34. The van der Waals surface area contributed by atoms with Gasteiger partial charge in [-0.25, -0.2) is 13.6 Å². The second kappa shape index (κ2) is 10.7. The number of anilines is 1. The van der Waals surface area contributed by atoms with Gasteiger partial charge in [0.2, 0.25) is 0 Å². The van der Waals surface area contributed by atoms with E-state index in [1.165, 1.54) is 4.90 Å². The summed E-state index contributed by atoms with van der Waals surface area (Å²) < 4.78 is 29.3. The number of nitrogens with zero attached hydrogens (tertiary/aromatic N) is 1. The van der Waals surface area contributed by atoms with Gasteiger partial charge >= 0.3 is 11.9 Å². The molecule has 7 nitrogen and oxygen atoms in total. The summed E-state index contributed by atoms with van der Waals surface area (Å²) in [6, 6.07) is -0.146. The SMILES string of the molecule is CC(Br)CN(CC(C)Br)c1c(F)cc(C(=O)NC(CC(=O)O)C(=O)O)cc1F. The van der Waals surface area contributed by atoms with Crippen molar-refractivity contribution in [3.8, 4) is 0 Å². The van der Waals surface area contributed by atoms with E-state index in [-0.39, 0.29) is 15.3 Å². The van der Waals surface area contributed by atoms with Crippen LogP contribution < -0.4 is 10.2 Å². The molecule has 0 heterocycles. The van der Waals surface area contributed by atoms with Crippen molar-refractivity contribution in [2.45, 2.75) is 36.0 Å². The van der Waals surface area contributed by atoms with Gasteiger partial charge in [-0.05, 0) is 12.1 Å². The summed E-state index contributed by atoms with van der Waals surface area (Å²) in [7, 11) is 0. The maximum absolute atomic E-state index is 14.6. The lowest BCUT2D eigenvalue weighted by atomic mass is 10.1. The fourth-order valence-corrected chi connectivity index (χ4v) is 3.18. The van der Waals surface area contributed by atoms with Crippen LogP contribution in [0.5, 0.6) is 0 Å². The van der Waals surface area contributed by atoms with Crippen molar-refractivity contribution < 1.29 is 33.4 Å². The number of rotatable bonds is 10. The molecular formula is C17H20Br2F2N2O5. The van der Waals surface area contributed by atoms with Gasteiger partial charge in [0, 0.05) is 28.3 Å².